The third kappa shape index (κ3) is 4.88. The first kappa shape index (κ1) is 23.6. The first-order valence-electron chi connectivity index (χ1n) is 10.5. The number of nitrogens with zero attached hydrogens (tertiary/aromatic N) is 4. The van der Waals surface area contributed by atoms with E-state index in [0.717, 1.165) is 31.6 Å². The second-order valence-corrected chi connectivity index (χ2v) is 9.11. The normalized spacial score (nSPS) is 21.2. The van der Waals surface area contributed by atoms with Gasteiger partial charge in [-0.25, -0.2) is 23.1 Å². The molecule has 2 aliphatic rings. The Morgan fingerprint density at radius 1 is 1.33 bits per heavy atom. The molecule has 3 heterocycles. The van der Waals surface area contributed by atoms with Gasteiger partial charge >= 0.3 is 12.2 Å². The van der Waals surface area contributed by atoms with Crippen LogP contribution in [0.25, 0.3) is 5.65 Å². The van der Waals surface area contributed by atoms with Gasteiger partial charge in [0.15, 0.2) is 11.2 Å². The van der Waals surface area contributed by atoms with Crippen LogP contribution in [-0.2, 0) is 4.74 Å². The number of urea groups is 1. The summed E-state index contributed by atoms with van der Waals surface area (Å²) in [6.07, 6.45) is -0.0144. The molecule has 8 nitrogen and oxygen atoms in total. The zero-order chi connectivity index (χ0) is 24.2. The van der Waals surface area contributed by atoms with Gasteiger partial charge in [-0.05, 0) is 44.2 Å². The van der Waals surface area contributed by atoms with E-state index < -0.39 is 55.5 Å². The zero-order valence-electron chi connectivity index (χ0n) is 18.1. The van der Waals surface area contributed by atoms with Crippen LogP contribution in [0.1, 0.15) is 50.0 Å². The fourth-order valence-corrected chi connectivity index (χ4v) is 3.74. The molecule has 4 rings (SSSR count). The molecule has 2 atom stereocenters. The highest BCUT2D eigenvalue weighted by Gasteiger charge is 2.49. The predicted octanol–water partition coefficient (Wildman–Crippen LogP) is 3.20. The maximum absolute atomic E-state index is 14.0. The molecule has 1 aliphatic heterocycles. The minimum Gasteiger partial charge on any atom is -0.364 e. The average molecular weight is 476 g/mol. The zero-order valence-corrected chi connectivity index (χ0v) is 18.1. The Kier molecular flexibility index (Phi) is 5.76. The molecule has 0 spiro atoms. The molecule has 1 aliphatic carbocycles. The molecule has 2 aromatic heterocycles. The highest BCUT2D eigenvalue weighted by molar-refractivity contribution is 5.76. The van der Waals surface area contributed by atoms with E-state index in [-0.39, 0.29) is 11.6 Å². The molecule has 1 saturated carbocycles. The van der Waals surface area contributed by atoms with E-state index >= 15 is 0 Å². The number of alkyl halides is 5. The van der Waals surface area contributed by atoms with E-state index in [4.69, 9.17) is 10.5 Å². The molecule has 2 fully saturated rings. The largest absolute Gasteiger partial charge is 0.416 e. The minimum absolute atomic E-state index is 0.0311. The van der Waals surface area contributed by atoms with Crippen molar-refractivity contribution in [1.82, 2.24) is 24.8 Å². The Morgan fingerprint density at radius 3 is 2.67 bits per heavy atom. The lowest BCUT2D eigenvalue weighted by Crippen LogP contribution is -2.58. The van der Waals surface area contributed by atoms with Gasteiger partial charge in [0.1, 0.15) is 0 Å². The molecule has 13 heteroatoms. The predicted molar refractivity (Wildman–Crippen MR) is 107 cm³/mol. The summed E-state index contributed by atoms with van der Waals surface area (Å²) < 4.78 is 73.3. The van der Waals surface area contributed by atoms with Gasteiger partial charge in [0, 0.05) is 0 Å². The number of fused-ring (bicyclic) bond motifs is 1. The van der Waals surface area contributed by atoms with Crippen LogP contribution in [0, 0.1) is 5.92 Å². The van der Waals surface area contributed by atoms with E-state index in [2.05, 4.69) is 15.4 Å². The second-order valence-electron chi connectivity index (χ2n) is 9.11. The van der Waals surface area contributed by atoms with Crippen molar-refractivity contribution in [2.75, 3.05) is 19.7 Å². The smallest absolute Gasteiger partial charge is 0.364 e. The van der Waals surface area contributed by atoms with Crippen LogP contribution < -0.4 is 11.1 Å². The number of amides is 2. The molecular weight excluding hydrogens is 451 g/mol. The van der Waals surface area contributed by atoms with Crippen LogP contribution in [0.4, 0.5) is 26.7 Å². The molecular formula is C20H25F5N6O2. The minimum atomic E-state index is -4.56. The van der Waals surface area contributed by atoms with Gasteiger partial charge in [-0.2, -0.15) is 18.3 Å². The van der Waals surface area contributed by atoms with E-state index in [1.165, 1.54) is 16.9 Å². The fourth-order valence-electron chi connectivity index (χ4n) is 3.74. The molecule has 0 aromatic carbocycles. The van der Waals surface area contributed by atoms with Crippen LogP contribution in [0.15, 0.2) is 18.5 Å². The lowest BCUT2D eigenvalue weighted by atomic mass is 10.0. The van der Waals surface area contributed by atoms with Gasteiger partial charge in [-0.15, -0.1) is 0 Å². The first-order chi connectivity index (χ1) is 15.3. The quantitative estimate of drug-likeness (QED) is 0.599. The van der Waals surface area contributed by atoms with Crippen molar-refractivity contribution in [1.29, 1.82) is 0 Å². The topological polar surface area (TPSA) is 97.8 Å². The standard InChI is InChI=1S/C20H25F5N6O2/c1-18(2,20(23,24)25)33-8-13(26)14-7-31-15(29-14)5-12(6-28-31)16(11-3-4-11)30-10-19(21,22)9-27-17(30)32/h5-7,11,13,16H,3-4,8-10,26H2,1-2H3,(H,27,32)/t13-,16?/m0/s1. The number of halogens is 5. The summed E-state index contributed by atoms with van der Waals surface area (Å²) in [5.41, 5.74) is 4.77. The monoisotopic (exact) mass is 476 g/mol. The summed E-state index contributed by atoms with van der Waals surface area (Å²) in [6.45, 7) is 0.00973. The molecule has 182 valence electrons. The number of carbonyl (C=O) groups is 1. The highest BCUT2D eigenvalue weighted by atomic mass is 19.4. The van der Waals surface area contributed by atoms with Crippen molar-refractivity contribution in [3.8, 4) is 0 Å². The maximum Gasteiger partial charge on any atom is 0.416 e. The van der Waals surface area contributed by atoms with Crippen LogP contribution in [0.3, 0.4) is 0 Å². The van der Waals surface area contributed by atoms with Crippen molar-refractivity contribution in [3.05, 3.63) is 29.7 Å². The number of carbonyl (C=O) groups excluding carboxylic acids is 1. The number of nitrogens with one attached hydrogen (secondary N) is 1. The summed E-state index contributed by atoms with van der Waals surface area (Å²) in [5, 5.41) is 6.48. The number of aromatic nitrogens is 3. The number of rotatable bonds is 7. The Morgan fingerprint density at radius 2 is 2.03 bits per heavy atom. The maximum atomic E-state index is 14.0. The molecule has 2 amide bonds. The van der Waals surface area contributed by atoms with Crippen molar-refractivity contribution >= 4 is 11.7 Å². The van der Waals surface area contributed by atoms with Crippen molar-refractivity contribution < 1.29 is 31.5 Å². The Hall–Kier alpha value is -2.54. The molecule has 1 saturated heterocycles. The van der Waals surface area contributed by atoms with Gasteiger partial charge in [0.05, 0.1) is 49.9 Å². The Labute approximate surface area is 186 Å². The van der Waals surface area contributed by atoms with Gasteiger partial charge in [-0.3, -0.25) is 0 Å². The van der Waals surface area contributed by atoms with E-state index in [1.807, 2.05) is 0 Å². The molecule has 0 bridgehead atoms. The SMILES string of the molecule is CC(C)(OC[C@H](N)c1cn2ncc(C(C3CC3)N3CC(F)(F)CNC3=O)cc2n1)C(F)(F)F. The molecule has 2 aromatic rings. The fraction of sp³-hybridized carbons (Fsp3) is 0.650. The first-order valence-corrected chi connectivity index (χ1v) is 10.5. The third-order valence-corrected chi connectivity index (χ3v) is 5.95. The van der Waals surface area contributed by atoms with Crippen molar-refractivity contribution in [2.45, 2.75) is 56.5 Å². The van der Waals surface area contributed by atoms with Crippen molar-refractivity contribution in [3.63, 3.8) is 0 Å². The number of imidazole rings is 1. The summed E-state index contributed by atoms with van der Waals surface area (Å²) >= 11 is 0. The van der Waals surface area contributed by atoms with Crippen LogP contribution in [-0.4, -0.2) is 62.9 Å². The molecule has 0 radical (unpaired) electrons. The molecule has 1 unspecified atom stereocenters. The van der Waals surface area contributed by atoms with E-state index in [9.17, 15) is 26.7 Å². The number of hydrogen-bond donors (Lipinski definition) is 2. The van der Waals surface area contributed by atoms with Crippen molar-refractivity contribution in [2.24, 2.45) is 11.7 Å². The summed E-state index contributed by atoms with van der Waals surface area (Å²) in [4.78, 5) is 17.8. The Balaban J connectivity index is 1.55. The highest BCUT2D eigenvalue weighted by Crippen LogP contribution is 2.45. The lowest BCUT2D eigenvalue weighted by Gasteiger charge is -2.38. The average Bonchev–Trinajstić information content (AvgIpc) is 3.45. The number of hydrogen-bond acceptors (Lipinski definition) is 5. The van der Waals surface area contributed by atoms with Gasteiger partial charge in [0.2, 0.25) is 0 Å². The number of ether oxygens (including phenoxy) is 1. The van der Waals surface area contributed by atoms with Gasteiger partial charge in [0.25, 0.3) is 5.92 Å². The summed E-state index contributed by atoms with van der Waals surface area (Å²) in [5.74, 6) is -3.01. The van der Waals surface area contributed by atoms with Gasteiger partial charge < -0.3 is 20.7 Å². The van der Waals surface area contributed by atoms with Crippen LogP contribution in [0.2, 0.25) is 0 Å². The molecule has 33 heavy (non-hydrogen) atoms. The van der Waals surface area contributed by atoms with E-state index in [1.54, 1.807) is 6.07 Å². The summed E-state index contributed by atoms with van der Waals surface area (Å²) in [7, 11) is 0. The van der Waals surface area contributed by atoms with E-state index in [0.29, 0.717) is 11.2 Å². The summed E-state index contributed by atoms with van der Waals surface area (Å²) in [6, 6.07) is -0.457. The lowest BCUT2D eigenvalue weighted by molar-refractivity contribution is -0.264. The molecule has 3 N–H and O–H groups in total. The van der Waals surface area contributed by atoms with Crippen LogP contribution in [0.5, 0.6) is 0 Å². The third-order valence-electron chi connectivity index (χ3n) is 5.95. The Bertz CT molecular complexity index is 1040. The number of nitrogens with two attached hydrogens (primary N) is 1. The van der Waals surface area contributed by atoms with Gasteiger partial charge in [-0.1, -0.05) is 0 Å². The van der Waals surface area contributed by atoms with Crippen LogP contribution >= 0.6 is 0 Å². The second kappa shape index (κ2) is 8.05.